The molecule has 0 atom stereocenters. The highest BCUT2D eigenvalue weighted by atomic mass is 35.5. The minimum absolute atomic E-state index is 0.159. The van der Waals surface area contributed by atoms with Crippen molar-refractivity contribution in [3.63, 3.8) is 0 Å². The van der Waals surface area contributed by atoms with E-state index in [4.69, 9.17) is 11.6 Å². The Morgan fingerprint density at radius 1 is 0.926 bits per heavy atom. The average Bonchev–Trinajstić information content (AvgIpc) is 2.64. The number of nitrogens with one attached hydrogen (secondary N) is 2. The van der Waals surface area contributed by atoms with Crippen LogP contribution in [0.2, 0.25) is 5.02 Å². The molecule has 0 amide bonds. The van der Waals surface area contributed by atoms with Gasteiger partial charge in [0, 0.05) is 22.7 Å². The van der Waals surface area contributed by atoms with E-state index in [1.807, 2.05) is 30.3 Å². The lowest BCUT2D eigenvalue weighted by Crippen LogP contribution is -2.21. The van der Waals surface area contributed by atoms with E-state index in [0.717, 1.165) is 30.2 Å². The van der Waals surface area contributed by atoms with Crippen LogP contribution in [0.25, 0.3) is 0 Å². The van der Waals surface area contributed by atoms with Gasteiger partial charge in [-0.3, -0.25) is 0 Å². The highest BCUT2D eigenvalue weighted by Crippen LogP contribution is 2.27. The summed E-state index contributed by atoms with van der Waals surface area (Å²) in [4.78, 5) is 4.66. The summed E-state index contributed by atoms with van der Waals surface area (Å²) in [7, 11) is 0. The molecule has 2 aromatic carbocycles. The van der Waals surface area contributed by atoms with Crippen LogP contribution in [0.3, 0.4) is 0 Å². The van der Waals surface area contributed by atoms with E-state index in [9.17, 15) is 0 Å². The zero-order chi connectivity index (χ0) is 19.3. The maximum absolute atomic E-state index is 5.94. The van der Waals surface area contributed by atoms with Crippen LogP contribution in [0, 0.1) is 0 Å². The van der Waals surface area contributed by atoms with E-state index in [2.05, 4.69) is 70.9 Å². The monoisotopic (exact) mass is 381 g/mol. The summed E-state index contributed by atoms with van der Waals surface area (Å²) < 4.78 is 0. The molecule has 0 radical (unpaired) electrons. The Labute approximate surface area is 165 Å². The van der Waals surface area contributed by atoms with Gasteiger partial charge in [-0.25, -0.2) is 0 Å². The minimum atomic E-state index is -0.159. The summed E-state index contributed by atoms with van der Waals surface area (Å²) in [5.74, 6) is 1.21. The summed E-state index contributed by atoms with van der Waals surface area (Å²) in [6.07, 6.45) is 0.911. The van der Waals surface area contributed by atoms with Crippen LogP contribution in [-0.2, 0) is 11.8 Å². The second-order valence-electron chi connectivity index (χ2n) is 7.38. The quantitative estimate of drug-likeness (QED) is 0.612. The molecule has 0 aliphatic carbocycles. The first kappa shape index (κ1) is 19.1. The van der Waals surface area contributed by atoms with Crippen LogP contribution in [-0.4, -0.2) is 21.7 Å². The summed E-state index contributed by atoms with van der Waals surface area (Å²) in [5.41, 5.74) is 2.83. The first-order valence-electron chi connectivity index (χ1n) is 8.97. The topological polar surface area (TPSA) is 62.7 Å². The number of nitrogens with zero attached hydrogens (tertiary/aromatic N) is 3. The molecule has 0 aliphatic heterocycles. The predicted molar refractivity (Wildman–Crippen MR) is 112 cm³/mol. The maximum Gasteiger partial charge on any atom is 0.249 e. The maximum atomic E-state index is 5.94. The number of hydrogen-bond acceptors (Lipinski definition) is 5. The second kappa shape index (κ2) is 8.35. The highest BCUT2D eigenvalue weighted by molar-refractivity contribution is 6.30. The third-order valence-corrected chi connectivity index (χ3v) is 4.30. The molecule has 0 unspecified atom stereocenters. The van der Waals surface area contributed by atoms with Gasteiger partial charge < -0.3 is 10.6 Å². The van der Waals surface area contributed by atoms with Crippen molar-refractivity contribution in [2.45, 2.75) is 32.6 Å². The normalized spacial score (nSPS) is 11.3. The van der Waals surface area contributed by atoms with Crippen molar-refractivity contribution in [2.24, 2.45) is 0 Å². The smallest absolute Gasteiger partial charge is 0.249 e. The predicted octanol–water partition coefficient (Wildman–Crippen LogP) is 5.22. The summed E-state index contributed by atoms with van der Waals surface area (Å²) in [6.45, 7) is 7.08. The van der Waals surface area contributed by atoms with Gasteiger partial charge in [0.05, 0.1) is 0 Å². The fraction of sp³-hybridized carbons (Fsp3) is 0.286. The highest BCUT2D eigenvalue weighted by Gasteiger charge is 2.22. The summed E-state index contributed by atoms with van der Waals surface area (Å²) in [6, 6.07) is 17.8. The Hall–Kier alpha value is -2.66. The lowest BCUT2D eigenvalue weighted by atomic mass is 9.92. The SMILES string of the molecule is CC(C)(C)c1nnc(Nc2ccc(Cl)cc2)nc1NCCc1ccccc1. The van der Waals surface area contributed by atoms with Crippen LogP contribution in [0.15, 0.2) is 54.6 Å². The van der Waals surface area contributed by atoms with Crippen LogP contribution in [0.1, 0.15) is 32.0 Å². The molecule has 6 heteroatoms. The Kier molecular flexibility index (Phi) is 5.91. The number of hydrogen-bond donors (Lipinski definition) is 2. The molecule has 3 rings (SSSR count). The van der Waals surface area contributed by atoms with Gasteiger partial charge in [0.1, 0.15) is 5.69 Å². The van der Waals surface area contributed by atoms with E-state index in [1.165, 1.54) is 5.56 Å². The summed E-state index contributed by atoms with van der Waals surface area (Å²) >= 11 is 5.94. The molecule has 0 saturated carbocycles. The molecule has 0 aliphatic rings. The zero-order valence-corrected chi connectivity index (χ0v) is 16.6. The molecule has 1 aromatic heterocycles. The van der Waals surface area contributed by atoms with Gasteiger partial charge in [-0.05, 0) is 36.2 Å². The van der Waals surface area contributed by atoms with Crippen molar-refractivity contribution < 1.29 is 0 Å². The molecule has 3 aromatic rings. The van der Waals surface area contributed by atoms with Crippen molar-refractivity contribution in [3.05, 3.63) is 70.9 Å². The van der Waals surface area contributed by atoms with Crippen LogP contribution in [0.5, 0.6) is 0 Å². The minimum Gasteiger partial charge on any atom is -0.368 e. The molecule has 0 spiro atoms. The average molecular weight is 382 g/mol. The number of anilines is 3. The Balaban J connectivity index is 1.77. The van der Waals surface area contributed by atoms with Crippen LogP contribution >= 0.6 is 11.6 Å². The van der Waals surface area contributed by atoms with Crippen molar-refractivity contribution in [3.8, 4) is 0 Å². The van der Waals surface area contributed by atoms with Gasteiger partial charge in [-0.1, -0.05) is 62.7 Å². The van der Waals surface area contributed by atoms with Crippen molar-refractivity contribution in [2.75, 3.05) is 17.2 Å². The third-order valence-electron chi connectivity index (χ3n) is 4.05. The standard InChI is InChI=1S/C21H24ClN5/c1-21(2,3)18-19(23-14-13-15-7-5-4-6-8-15)25-20(27-26-18)24-17-11-9-16(22)10-12-17/h4-12H,13-14H2,1-3H3,(H2,23,24,25,27). The van der Waals surface area contributed by atoms with Crippen molar-refractivity contribution >= 4 is 29.1 Å². The zero-order valence-electron chi connectivity index (χ0n) is 15.8. The molecular formula is C21H24ClN5. The van der Waals surface area contributed by atoms with Crippen molar-refractivity contribution in [1.29, 1.82) is 0 Å². The number of aromatic nitrogens is 3. The molecule has 5 nitrogen and oxygen atoms in total. The van der Waals surface area contributed by atoms with E-state index in [1.54, 1.807) is 0 Å². The van der Waals surface area contributed by atoms with Crippen LogP contribution in [0.4, 0.5) is 17.5 Å². The lowest BCUT2D eigenvalue weighted by molar-refractivity contribution is 0.556. The number of halogens is 1. The first-order chi connectivity index (χ1) is 12.9. The van der Waals surface area contributed by atoms with Gasteiger partial charge in [0.25, 0.3) is 0 Å². The molecule has 2 N–H and O–H groups in total. The fourth-order valence-electron chi connectivity index (χ4n) is 2.64. The summed E-state index contributed by atoms with van der Waals surface area (Å²) in [5, 5.41) is 16.0. The van der Waals surface area contributed by atoms with Gasteiger partial charge in [0.2, 0.25) is 5.95 Å². The Morgan fingerprint density at radius 2 is 1.63 bits per heavy atom. The third kappa shape index (κ3) is 5.41. The van der Waals surface area contributed by atoms with Gasteiger partial charge >= 0.3 is 0 Å². The molecule has 140 valence electrons. The molecular weight excluding hydrogens is 358 g/mol. The fourth-order valence-corrected chi connectivity index (χ4v) is 2.77. The lowest BCUT2D eigenvalue weighted by Gasteiger charge is -2.21. The molecule has 0 fully saturated rings. The molecule has 1 heterocycles. The Morgan fingerprint density at radius 3 is 2.30 bits per heavy atom. The molecule has 27 heavy (non-hydrogen) atoms. The van der Waals surface area contributed by atoms with E-state index in [0.29, 0.717) is 11.0 Å². The number of benzene rings is 2. The largest absolute Gasteiger partial charge is 0.368 e. The van der Waals surface area contributed by atoms with Gasteiger partial charge in [0.15, 0.2) is 5.82 Å². The molecule has 0 bridgehead atoms. The van der Waals surface area contributed by atoms with E-state index in [-0.39, 0.29) is 5.41 Å². The van der Waals surface area contributed by atoms with Gasteiger partial charge in [-0.2, -0.15) is 4.98 Å². The van der Waals surface area contributed by atoms with E-state index < -0.39 is 0 Å². The second-order valence-corrected chi connectivity index (χ2v) is 7.81. The first-order valence-corrected chi connectivity index (χ1v) is 9.35. The van der Waals surface area contributed by atoms with Crippen molar-refractivity contribution in [1.82, 2.24) is 15.2 Å². The molecule has 0 saturated heterocycles. The van der Waals surface area contributed by atoms with Gasteiger partial charge in [-0.15, -0.1) is 10.2 Å². The Bertz CT molecular complexity index is 873. The van der Waals surface area contributed by atoms with E-state index >= 15 is 0 Å². The number of rotatable bonds is 6. The van der Waals surface area contributed by atoms with Crippen LogP contribution < -0.4 is 10.6 Å².